The van der Waals surface area contributed by atoms with Gasteiger partial charge < -0.3 is 19.5 Å². The van der Waals surface area contributed by atoms with E-state index in [1.807, 2.05) is 35.2 Å². The molecule has 1 aromatic carbocycles. The number of anilines is 1. The van der Waals surface area contributed by atoms with Crippen LogP contribution < -0.4 is 4.90 Å². The molecule has 10 heteroatoms. The van der Waals surface area contributed by atoms with Crippen molar-refractivity contribution in [3.05, 3.63) is 57.9 Å². The van der Waals surface area contributed by atoms with Crippen molar-refractivity contribution in [1.29, 1.82) is 0 Å². The van der Waals surface area contributed by atoms with E-state index in [4.69, 9.17) is 4.52 Å². The van der Waals surface area contributed by atoms with Crippen molar-refractivity contribution >= 4 is 27.9 Å². The van der Waals surface area contributed by atoms with Crippen LogP contribution in [0.5, 0.6) is 0 Å². The number of benzene rings is 1. The number of hydrogen-bond donors (Lipinski definition) is 0. The van der Waals surface area contributed by atoms with Crippen molar-refractivity contribution in [1.82, 2.24) is 19.5 Å². The maximum atomic E-state index is 11.6. The van der Waals surface area contributed by atoms with E-state index in [-0.39, 0.29) is 16.7 Å². The Balaban J connectivity index is 1.33. The van der Waals surface area contributed by atoms with Crippen LogP contribution >= 0.6 is 11.3 Å². The first-order valence-corrected chi connectivity index (χ1v) is 9.82. The highest BCUT2D eigenvalue weighted by Crippen LogP contribution is 2.35. The number of aromatic nitrogens is 4. The third-order valence-electron chi connectivity index (χ3n) is 5.01. The second-order valence-electron chi connectivity index (χ2n) is 6.66. The van der Waals surface area contributed by atoms with E-state index in [0.29, 0.717) is 35.6 Å². The first-order chi connectivity index (χ1) is 13.7. The van der Waals surface area contributed by atoms with Gasteiger partial charge in [0.1, 0.15) is 6.20 Å². The van der Waals surface area contributed by atoms with E-state index in [1.54, 1.807) is 11.6 Å². The van der Waals surface area contributed by atoms with E-state index in [9.17, 15) is 10.1 Å². The lowest BCUT2D eigenvalue weighted by Crippen LogP contribution is -2.33. The van der Waals surface area contributed by atoms with Crippen molar-refractivity contribution in [3.8, 4) is 11.4 Å². The largest absolute Gasteiger partial charge is 0.373 e. The fourth-order valence-electron chi connectivity index (χ4n) is 3.59. The van der Waals surface area contributed by atoms with Crippen molar-refractivity contribution in [2.45, 2.75) is 18.8 Å². The minimum absolute atomic E-state index is 0.0267. The first-order valence-electron chi connectivity index (χ1n) is 8.94. The second-order valence-corrected chi connectivity index (χ2v) is 7.53. The predicted octanol–water partition coefficient (Wildman–Crippen LogP) is 3.74. The molecule has 142 valence electrons. The summed E-state index contributed by atoms with van der Waals surface area (Å²) in [7, 11) is 0. The summed E-state index contributed by atoms with van der Waals surface area (Å²) >= 11 is 1.39. The number of thiazole rings is 1. The van der Waals surface area contributed by atoms with Crippen LogP contribution in [0, 0.1) is 10.1 Å². The summed E-state index contributed by atoms with van der Waals surface area (Å²) in [5, 5.41) is 17.4. The molecule has 0 amide bonds. The monoisotopic (exact) mass is 396 g/mol. The van der Waals surface area contributed by atoms with Crippen LogP contribution in [0.1, 0.15) is 24.7 Å². The molecule has 1 aliphatic heterocycles. The molecule has 28 heavy (non-hydrogen) atoms. The first kappa shape index (κ1) is 16.9. The maximum Gasteiger partial charge on any atom is 0.373 e. The number of hydrogen-bond acceptors (Lipinski definition) is 8. The molecular weight excluding hydrogens is 380 g/mol. The minimum atomic E-state index is -0.363. The van der Waals surface area contributed by atoms with Gasteiger partial charge in [0, 0.05) is 30.0 Å². The Bertz CT molecular complexity index is 1130. The van der Waals surface area contributed by atoms with Crippen LogP contribution in [-0.4, -0.2) is 37.5 Å². The highest BCUT2D eigenvalue weighted by atomic mass is 32.1. The topological polar surface area (TPSA) is 103 Å². The number of fused-ring (bicyclic) bond motifs is 1. The van der Waals surface area contributed by atoms with E-state index >= 15 is 0 Å². The summed E-state index contributed by atoms with van der Waals surface area (Å²) in [6, 6.07) is 9.71. The molecule has 3 aromatic heterocycles. The summed E-state index contributed by atoms with van der Waals surface area (Å²) < 4.78 is 7.03. The Morgan fingerprint density at radius 2 is 1.96 bits per heavy atom. The van der Waals surface area contributed by atoms with Gasteiger partial charge in [-0.05, 0) is 17.8 Å². The highest BCUT2D eigenvalue weighted by Gasteiger charge is 2.32. The average molecular weight is 396 g/mol. The lowest BCUT2D eigenvalue weighted by molar-refractivity contribution is -0.389. The zero-order valence-electron chi connectivity index (χ0n) is 14.8. The Labute approximate surface area is 163 Å². The molecule has 0 bridgehead atoms. The third kappa shape index (κ3) is 2.82. The second kappa shape index (κ2) is 6.71. The molecule has 1 aliphatic rings. The summed E-state index contributed by atoms with van der Waals surface area (Å²) in [6.45, 7) is 1.30. The van der Waals surface area contributed by atoms with E-state index in [1.165, 1.54) is 15.7 Å². The molecule has 0 radical (unpaired) electrons. The molecule has 4 heterocycles. The lowest BCUT2D eigenvalue weighted by atomic mass is 9.97. The SMILES string of the molecule is O=[N+]([O-])c1c(N2CCC(c3nc(-c4ccccc4)no3)CC2)nc2sccn12. The molecule has 1 saturated heterocycles. The smallest absolute Gasteiger partial charge is 0.358 e. The molecular formula is C18H16N6O3S. The maximum absolute atomic E-state index is 11.6. The number of imidazole rings is 1. The van der Waals surface area contributed by atoms with E-state index in [2.05, 4.69) is 15.1 Å². The van der Waals surface area contributed by atoms with Gasteiger partial charge in [-0.2, -0.15) is 14.4 Å². The molecule has 0 saturated carbocycles. The Morgan fingerprint density at radius 1 is 1.18 bits per heavy atom. The summed E-state index contributed by atoms with van der Waals surface area (Å²) in [4.78, 5) is 22.8. The van der Waals surface area contributed by atoms with Gasteiger partial charge in [-0.25, -0.2) is 0 Å². The fraction of sp³-hybridized carbons (Fsp3) is 0.278. The Kier molecular flexibility index (Phi) is 4.05. The summed E-state index contributed by atoms with van der Waals surface area (Å²) in [5.41, 5.74) is 0.920. The van der Waals surface area contributed by atoms with Crippen molar-refractivity contribution in [2.75, 3.05) is 18.0 Å². The number of piperidine rings is 1. The van der Waals surface area contributed by atoms with Gasteiger partial charge in [0.2, 0.25) is 17.5 Å². The fourth-order valence-corrected chi connectivity index (χ4v) is 4.29. The quantitative estimate of drug-likeness (QED) is 0.382. The molecule has 0 atom stereocenters. The van der Waals surface area contributed by atoms with Crippen LogP contribution in [0.25, 0.3) is 16.3 Å². The van der Waals surface area contributed by atoms with Crippen molar-refractivity contribution in [2.24, 2.45) is 0 Å². The van der Waals surface area contributed by atoms with Crippen LogP contribution in [0.4, 0.5) is 11.6 Å². The molecule has 0 aliphatic carbocycles. The molecule has 9 nitrogen and oxygen atoms in total. The molecule has 0 spiro atoms. The van der Waals surface area contributed by atoms with E-state index < -0.39 is 0 Å². The number of rotatable bonds is 4. The van der Waals surface area contributed by atoms with Gasteiger partial charge in [0.15, 0.2) is 0 Å². The minimum Gasteiger partial charge on any atom is -0.358 e. The van der Waals surface area contributed by atoms with Crippen LogP contribution in [0.3, 0.4) is 0 Å². The molecule has 0 unspecified atom stereocenters. The molecule has 1 fully saturated rings. The number of nitro groups is 1. The van der Waals surface area contributed by atoms with Crippen LogP contribution in [0.15, 0.2) is 46.4 Å². The predicted molar refractivity (Wildman–Crippen MR) is 104 cm³/mol. The Morgan fingerprint density at radius 3 is 2.71 bits per heavy atom. The van der Waals surface area contributed by atoms with Crippen molar-refractivity contribution in [3.63, 3.8) is 0 Å². The summed E-state index contributed by atoms with van der Waals surface area (Å²) in [5.74, 6) is 1.82. The molecule has 5 rings (SSSR count). The van der Waals surface area contributed by atoms with Gasteiger partial charge in [0.05, 0.1) is 0 Å². The zero-order chi connectivity index (χ0) is 19.1. The Hall–Kier alpha value is -3.27. The average Bonchev–Trinajstić information content (AvgIpc) is 3.44. The molecule has 4 aromatic rings. The lowest BCUT2D eigenvalue weighted by Gasteiger charge is -2.29. The van der Waals surface area contributed by atoms with Gasteiger partial charge in [-0.1, -0.05) is 46.8 Å². The van der Waals surface area contributed by atoms with Gasteiger partial charge >= 0.3 is 5.82 Å². The normalized spacial score (nSPS) is 15.4. The van der Waals surface area contributed by atoms with Crippen LogP contribution in [-0.2, 0) is 0 Å². The van der Waals surface area contributed by atoms with Gasteiger partial charge in [0.25, 0.3) is 4.96 Å². The molecule has 0 N–H and O–H groups in total. The van der Waals surface area contributed by atoms with Crippen LogP contribution in [0.2, 0.25) is 0 Å². The van der Waals surface area contributed by atoms with E-state index in [0.717, 1.165) is 18.4 Å². The van der Waals surface area contributed by atoms with Crippen molar-refractivity contribution < 1.29 is 9.45 Å². The summed E-state index contributed by atoms with van der Waals surface area (Å²) in [6.07, 6.45) is 3.24. The third-order valence-corrected chi connectivity index (χ3v) is 5.77. The standard InChI is InChI=1S/C18H16N6O3S/c25-24(26)17-15(20-18-23(17)10-11-28-18)22-8-6-13(7-9-22)16-19-14(21-27-16)12-4-2-1-3-5-12/h1-5,10-11,13H,6-9H2. The highest BCUT2D eigenvalue weighted by molar-refractivity contribution is 7.15. The van der Waals surface area contributed by atoms with Gasteiger partial charge in [-0.15, -0.1) is 0 Å². The van der Waals surface area contributed by atoms with Gasteiger partial charge in [-0.3, -0.25) is 0 Å². The number of nitrogens with zero attached hydrogens (tertiary/aromatic N) is 6. The zero-order valence-corrected chi connectivity index (χ0v) is 15.6.